The predicted octanol–water partition coefficient (Wildman–Crippen LogP) is 4.41. The minimum absolute atomic E-state index is 0.266. The molecule has 0 amide bonds. The van der Waals surface area contributed by atoms with E-state index in [1.54, 1.807) is 19.1 Å². The Morgan fingerprint density at radius 1 is 1.23 bits per heavy atom. The minimum atomic E-state index is -0.480. The van der Waals surface area contributed by atoms with Crippen LogP contribution in [0.15, 0.2) is 59.2 Å². The van der Waals surface area contributed by atoms with Crippen LogP contribution in [0.3, 0.4) is 0 Å². The third kappa shape index (κ3) is 4.18. The van der Waals surface area contributed by atoms with Crippen molar-refractivity contribution in [1.82, 2.24) is 9.97 Å². The minimum Gasteiger partial charge on any atom is -0.462 e. The number of nitrogens with zero attached hydrogens (tertiary/aromatic N) is 2. The molecular weight excluding hydrogens is 396 g/mol. The molecule has 0 fully saturated rings. The topological polar surface area (TPSA) is 90.1 Å². The summed E-state index contributed by atoms with van der Waals surface area (Å²) in [6.07, 6.45) is 1.46. The molecule has 0 atom stereocenters. The number of benzene rings is 2. The summed E-state index contributed by atoms with van der Waals surface area (Å²) < 4.78 is 6.06. The second kappa shape index (κ2) is 7.97. The first-order valence-electron chi connectivity index (χ1n) is 7.99. The quantitative estimate of drug-likeness (QED) is 0.476. The van der Waals surface area contributed by atoms with Crippen molar-refractivity contribution in [2.75, 3.05) is 17.7 Å². The fourth-order valence-corrected chi connectivity index (χ4v) is 2.59. The average Bonchev–Trinajstić information content (AvgIpc) is 2.64. The Kier molecular flexibility index (Phi) is 5.48. The van der Waals surface area contributed by atoms with Crippen LogP contribution in [0.2, 0.25) is 0 Å². The number of ether oxygens (including phenoxy) is 1. The molecular formula is C19H17BrN4O2. The van der Waals surface area contributed by atoms with Gasteiger partial charge in [0, 0.05) is 27.6 Å². The van der Waals surface area contributed by atoms with E-state index in [0.29, 0.717) is 17.3 Å². The van der Waals surface area contributed by atoms with Crippen molar-refractivity contribution >= 4 is 39.1 Å². The van der Waals surface area contributed by atoms with Gasteiger partial charge in [0.25, 0.3) is 0 Å². The van der Waals surface area contributed by atoms with Gasteiger partial charge in [-0.15, -0.1) is 0 Å². The Balaban J connectivity index is 2.02. The summed E-state index contributed by atoms with van der Waals surface area (Å²) in [5, 5.41) is 3.16. The highest BCUT2D eigenvalue weighted by molar-refractivity contribution is 9.10. The molecule has 7 heteroatoms. The van der Waals surface area contributed by atoms with Gasteiger partial charge in [0.15, 0.2) is 5.82 Å². The van der Waals surface area contributed by atoms with E-state index in [1.807, 2.05) is 36.4 Å². The van der Waals surface area contributed by atoms with Crippen molar-refractivity contribution in [3.05, 3.63) is 64.8 Å². The summed E-state index contributed by atoms with van der Waals surface area (Å²) in [5.74, 6) is 0.356. The molecule has 0 aliphatic rings. The number of carbonyl (C=O) groups is 1. The van der Waals surface area contributed by atoms with Gasteiger partial charge in [-0.3, -0.25) is 0 Å². The normalized spacial score (nSPS) is 10.4. The van der Waals surface area contributed by atoms with Gasteiger partial charge in [-0.25, -0.2) is 14.8 Å². The van der Waals surface area contributed by atoms with E-state index in [4.69, 9.17) is 10.5 Å². The molecule has 0 bridgehead atoms. The molecule has 6 nitrogen and oxygen atoms in total. The lowest BCUT2D eigenvalue weighted by Crippen LogP contribution is -2.11. The van der Waals surface area contributed by atoms with Crippen LogP contribution in [-0.2, 0) is 4.74 Å². The molecule has 0 saturated carbocycles. The molecule has 0 saturated heterocycles. The number of nitrogen functional groups attached to an aromatic ring is 1. The van der Waals surface area contributed by atoms with Crippen molar-refractivity contribution in [1.29, 1.82) is 0 Å². The summed E-state index contributed by atoms with van der Waals surface area (Å²) in [7, 11) is 0. The van der Waals surface area contributed by atoms with E-state index < -0.39 is 5.97 Å². The number of esters is 1. The van der Waals surface area contributed by atoms with Crippen LogP contribution >= 0.6 is 15.9 Å². The number of rotatable bonds is 5. The smallest absolute Gasteiger partial charge is 0.343 e. The van der Waals surface area contributed by atoms with Crippen LogP contribution in [-0.4, -0.2) is 22.5 Å². The van der Waals surface area contributed by atoms with Crippen LogP contribution in [0.25, 0.3) is 11.4 Å². The zero-order valence-electron chi connectivity index (χ0n) is 14.1. The highest BCUT2D eigenvalue weighted by atomic mass is 79.9. The molecule has 132 valence electrons. The monoisotopic (exact) mass is 412 g/mol. The maximum absolute atomic E-state index is 12.2. The number of hydrogen-bond donors (Lipinski definition) is 2. The van der Waals surface area contributed by atoms with E-state index in [9.17, 15) is 4.79 Å². The van der Waals surface area contributed by atoms with Crippen LogP contribution in [0.1, 0.15) is 17.3 Å². The molecule has 1 aromatic heterocycles. The van der Waals surface area contributed by atoms with E-state index in [0.717, 1.165) is 15.7 Å². The van der Waals surface area contributed by atoms with Crippen LogP contribution in [0.5, 0.6) is 0 Å². The molecule has 26 heavy (non-hydrogen) atoms. The zero-order chi connectivity index (χ0) is 18.5. The average molecular weight is 413 g/mol. The van der Waals surface area contributed by atoms with Crippen molar-refractivity contribution < 1.29 is 9.53 Å². The third-order valence-electron chi connectivity index (χ3n) is 3.54. The largest absolute Gasteiger partial charge is 0.462 e. The zero-order valence-corrected chi connectivity index (χ0v) is 15.7. The molecule has 0 radical (unpaired) electrons. The number of hydrogen-bond acceptors (Lipinski definition) is 6. The summed E-state index contributed by atoms with van der Waals surface area (Å²) in [6, 6.07) is 14.8. The first-order valence-corrected chi connectivity index (χ1v) is 8.79. The summed E-state index contributed by atoms with van der Waals surface area (Å²) in [4.78, 5) is 21.1. The van der Waals surface area contributed by atoms with Gasteiger partial charge < -0.3 is 15.8 Å². The maximum Gasteiger partial charge on any atom is 0.343 e. The second-order valence-electron chi connectivity index (χ2n) is 5.43. The Morgan fingerprint density at radius 2 is 2.00 bits per heavy atom. The van der Waals surface area contributed by atoms with Gasteiger partial charge in [0.1, 0.15) is 11.4 Å². The Bertz CT molecular complexity index is 929. The van der Waals surface area contributed by atoms with Gasteiger partial charge >= 0.3 is 5.97 Å². The number of halogens is 1. The lowest BCUT2D eigenvalue weighted by molar-refractivity contribution is 0.0526. The molecule has 0 spiro atoms. The number of aromatic nitrogens is 2. The molecule has 0 aliphatic carbocycles. The van der Waals surface area contributed by atoms with Crippen LogP contribution in [0.4, 0.5) is 17.2 Å². The number of nitrogens with one attached hydrogen (secondary N) is 1. The molecule has 0 unspecified atom stereocenters. The number of nitrogens with two attached hydrogens (primary N) is 1. The molecule has 3 aromatic rings. The van der Waals surface area contributed by atoms with Gasteiger partial charge in [-0.2, -0.15) is 0 Å². The Labute approximate surface area is 159 Å². The SMILES string of the molecule is CCOC(=O)c1cnc(-c2cccc(N)c2)nc1Nc1ccc(Br)cc1. The molecule has 0 aliphatic heterocycles. The summed E-state index contributed by atoms with van der Waals surface area (Å²) in [6.45, 7) is 2.02. The lowest BCUT2D eigenvalue weighted by atomic mass is 10.2. The van der Waals surface area contributed by atoms with Crippen molar-refractivity contribution in [3.63, 3.8) is 0 Å². The summed E-state index contributed by atoms with van der Waals surface area (Å²) >= 11 is 3.40. The molecule has 1 heterocycles. The van der Waals surface area contributed by atoms with Gasteiger partial charge in [-0.1, -0.05) is 28.1 Å². The lowest BCUT2D eigenvalue weighted by Gasteiger charge is -2.12. The Hall–Kier alpha value is -2.93. The molecule has 2 aromatic carbocycles. The fraction of sp³-hybridized carbons (Fsp3) is 0.105. The van der Waals surface area contributed by atoms with Crippen molar-refractivity contribution in [2.45, 2.75) is 6.92 Å². The van der Waals surface area contributed by atoms with Crippen LogP contribution < -0.4 is 11.1 Å². The number of anilines is 3. The second-order valence-corrected chi connectivity index (χ2v) is 6.35. The van der Waals surface area contributed by atoms with Gasteiger partial charge in [0.05, 0.1) is 6.61 Å². The highest BCUT2D eigenvalue weighted by Crippen LogP contribution is 2.25. The predicted molar refractivity (Wildman–Crippen MR) is 105 cm³/mol. The van der Waals surface area contributed by atoms with Crippen molar-refractivity contribution in [2.24, 2.45) is 0 Å². The van der Waals surface area contributed by atoms with Crippen molar-refractivity contribution in [3.8, 4) is 11.4 Å². The third-order valence-corrected chi connectivity index (χ3v) is 4.06. The maximum atomic E-state index is 12.2. The highest BCUT2D eigenvalue weighted by Gasteiger charge is 2.17. The van der Waals surface area contributed by atoms with Gasteiger partial charge in [-0.05, 0) is 43.3 Å². The van der Waals surface area contributed by atoms with Gasteiger partial charge in [0.2, 0.25) is 0 Å². The molecule has 3 N–H and O–H groups in total. The standard InChI is InChI=1S/C19H17BrN4O2/c1-2-26-19(25)16-11-22-17(12-4-3-5-14(21)10-12)24-18(16)23-15-8-6-13(20)7-9-15/h3-11H,2,21H2,1H3,(H,22,23,24). The first-order chi connectivity index (χ1) is 12.6. The first kappa shape index (κ1) is 17.9. The van der Waals surface area contributed by atoms with E-state index in [-0.39, 0.29) is 12.2 Å². The van der Waals surface area contributed by atoms with E-state index >= 15 is 0 Å². The fourth-order valence-electron chi connectivity index (χ4n) is 2.32. The van der Waals surface area contributed by atoms with Crippen LogP contribution in [0, 0.1) is 0 Å². The summed E-state index contributed by atoms with van der Waals surface area (Å²) in [5.41, 5.74) is 8.27. The van der Waals surface area contributed by atoms with E-state index in [1.165, 1.54) is 6.20 Å². The number of carbonyl (C=O) groups excluding carboxylic acids is 1. The Morgan fingerprint density at radius 3 is 2.69 bits per heavy atom. The molecule has 3 rings (SSSR count). The van der Waals surface area contributed by atoms with E-state index in [2.05, 4.69) is 31.2 Å².